The van der Waals surface area contributed by atoms with Crippen molar-refractivity contribution in [3.8, 4) is 0 Å². The first-order chi connectivity index (χ1) is 7.00. The summed E-state index contributed by atoms with van der Waals surface area (Å²) in [5.74, 6) is -3.14. The number of rotatable bonds is 3. The van der Waals surface area contributed by atoms with Gasteiger partial charge in [0.15, 0.2) is 0 Å². The molecular weight excluding hydrogens is 224 g/mol. The van der Waals surface area contributed by atoms with Crippen LogP contribution < -0.4 is 5.32 Å². The summed E-state index contributed by atoms with van der Waals surface area (Å²) in [6, 6.07) is 5.45. The van der Waals surface area contributed by atoms with Gasteiger partial charge in [-0.15, -0.1) is 0 Å². The van der Waals surface area contributed by atoms with Gasteiger partial charge in [-0.2, -0.15) is 8.78 Å². The summed E-state index contributed by atoms with van der Waals surface area (Å²) in [5.41, 5.74) is 0.484. The lowest BCUT2D eigenvalue weighted by atomic mass is 10.3. The van der Waals surface area contributed by atoms with Crippen molar-refractivity contribution >= 4 is 22.4 Å². The van der Waals surface area contributed by atoms with Gasteiger partial charge in [-0.3, -0.25) is 4.79 Å². The van der Waals surface area contributed by atoms with Gasteiger partial charge in [-0.25, -0.2) is 4.21 Å². The summed E-state index contributed by atoms with van der Waals surface area (Å²) in [5, 5.41) is 2.47. The Bertz CT molecular complexity index is 378. The number of hydrogen-bond donors (Lipinski definition) is 1. The van der Waals surface area contributed by atoms with E-state index in [1.807, 2.05) is 0 Å². The summed E-state index contributed by atoms with van der Waals surface area (Å²) < 4.78 is 35.1. The zero-order valence-electron chi connectivity index (χ0n) is 7.87. The van der Waals surface area contributed by atoms with Crippen LogP contribution in [0.25, 0.3) is 0 Å². The zero-order chi connectivity index (χ0) is 11.4. The summed E-state index contributed by atoms with van der Waals surface area (Å²) in [6.45, 7) is 1.34. The van der Waals surface area contributed by atoms with Gasteiger partial charge < -0.3 is 5.32 Å². The van der Waals surface area contributed by atoms with Gasteiger partial charge in [0.05, 0.1) is 0 Å². The smallest absolute Gasteiger partial charge is 0.316 e. The summed E-state index contributed by atoms with van der Waals surface area (Å²) in [6.07, 6.45) is 0. The van der Waals surface area contributed by atoms with E-state index in [4.69, 9.17) is 0 Å². The fourth-order valence-electron chi connectivity index (χ4n) is 0.979. The third kappa shape index (κ3) is 3.39. The van der Waals surface area contributed by atoms with Crippen molar-refractivity contribution in [2.24, 2.45) is 0 Å². The molecule has 0 aliphatic carbocycles. The summed E-state index contributed by atoms with van der Waals surface area (Å²) in [7, 11) is -2.30. The second kappa shape index (κ2) is 4.97. The van der Waals surface area contributed by atoms with E-state index in [2.05, 4.69) is 5.32 Å². The number of halogens is 2. The molecule has 0 radical (unpaired) electrons. The molecule has 0 saturated carbocycles. The Morgan fingerprint density at radius 3 is 2.27 bits per heavy atom. The predicted octanol–water partition coefficient (Wildman–Crippen LogP) is 1.98. The number of benzene rings is 1. The zero-order valence-corrected chi connectivity index (χ0v) is 8.68. The quantitative estimate of drug-likeness (QED) is 0.867. The molecule has 1 amide bonds. The van der Waals surface area contributed by atoms with Gasteiger partial charge in [0.1, 0.15) is 10.8 Å². The van der Waals surface area contributed by atoms with Crippen molar-refractivity contribution in [1.29, 1.82) is 0 Å². The average molecular weight is 233 g/mol. The van der Waals surface area contributed by atoms with Crippen LogP contribution in [-0.4, -0.2) is 15.9 Å². The topological polar surface area (TPSA) is 46.2 Å². The van der Waals surface area contributed by atoms with Crippen LogP contribution in [0.2, 0.25) is 0 Å². The molecule has 0 fully saturated rings. The molecule has 3 nitrogen and oxygen atoms in total. The van der Waals surface area contributed by atoms with Gasteiger partial charge >= 0.3 is 5.76 Å². The third-order valence-corrected chi connectivity index (χ3v) is 2.63. The van der Waals surface area contributed by atoms with Gasteiger partial charge in [0, 0.05) is 17.5 Å². The van der Waals surface area contributed by atoms with E-state index in [1.54, 1.807) is 0 Å². The maximum Gasteiger partial charge on any atom is 0.316 e. The minimum Gasteiger partial charge on any atom is -0.326 e. The average Bonchev–Trinajstić information content (AvgIpc) is 2.17. The molecule has 0 aliphatic heterocycles. The van der Waals surface area contributed by atoms with E-state index in [9.17, 15) is 17.8 Å². The highest BCUT2D eigenvalue weighted by atomic mass is 32.2. The molecule has 15 heavy (non-hydrogen) atoms. The Hall–Kier alpha value is -1.30. The molecular formula is C9H9F2NO2S. The lowest BCUT2D eigenvalue weighted by molar-refractivity contribution is -0.114. The highest BCUT2D eigenvalue weighted by Crippen LogP contribution is 2.16. The van der Waals surface area contributed by atoms with Crippen molar-refractivity contribution in [2.45, 2.75) is 17.6 Å². The molecule has 0 spiro atoms. The van der Waals surface area contributed by atoms with Crippen molar-refractivity contribution in [3.63, 3.8) is 0 Å². The minimum atomic E-state index is -2.89. The number of carbonyl (C=O) groups excluding carboxylic acids is 1. The molecule has 6 heteroatoms. The van der Waals surface area contributed by atoms with Crippen molar-refractivity contribution in [2.75, 3.05) is 5.32 Å². The van der Waals surface area contributed by atoms with Crippen LogP contribution >= 0.6 is 0 Å². The van der Waals surface area contributed by atoms with Crippen LogP contribution in [0.5, 0.6) is 0 Å². The largest absolute Gasteiger partial charge is 0.326 e. The molecule has 1 aromatic rings. The Morgan fingerprint density at radius 2 is 1.87 bits per heavy atom. The van der Waals surface area contributed by atoms with Crippen LogP contribution in [0, 0.1) is 0 Å². The van der Waals surface area contributed by atoms with Crippen LogP contribution in [0.3, 0.4) is 0 Å². The summed E-state index contributed by atoms with van der Waals surface area (Å²) in [4.78, 5) is 10.7. The predicted molar refractivity (Wildman–Crippen MR) is 53.2 cm³/mol. The van der Waals surface area contributed by atoms with E-state index in [0.29, 0.717) is 5.69 Å². The SMILES string of the molecule is CC(=O)Nc1ccc(S(=O)C(F)F)cc1. The number of hydrogen-bond acceptors (Lipinski definition) is 2. The fourth-order valence-corrected chi connectivity index (χ4v) is 1.59. The number of alkyl halides is 2. The molecule has 1 aromatic carbocycles. The van der Waals surface area contributed by atoms with Gasteiger partial charge in [0.25, 0.3) is 0 Å². The first-order valence-corrected chi connectivity index (χ1v) is 5.28. The van der Waals surface area contributed by atoms with Crippen LogP contribution in [-0.2, 0) is 15.6 Å². The molecule has 1 rings (SSSR count). The Morgan fingerprint density at radius 1 is 1.33 bits per heavy atom. The second-order valence-corrected chi connectivity index (χ2v) is 4.19. The van der Waals surface area contributed by atoms with Crippen molar-refractivity contribution < 1.29 is 17.8 Å². The maximum absolute atomic E-state index is 12.1. The van der Waals surface area contributed by atoms with Crippen molar-refractivity contribution in [1.82, 2.24) is 0 Å². The number of amides is 1. The Labute approximate surface area is 87.9 Å². The third-order valence-electron chi connectivity index (χ3n) is 1.57. The normalized spacial score (nSPS) is 12.5. The Kier molecular flexibility index (Phi) is 3.90. The van der Waals surface area contributed by atoms with Crippen LogP contribution in [0.1, 0.15) is 6.92 Å². The van der Waals surface area contributed by atoms with E-state index < -0.39 is 16.6 Å². The van der Waals surface area contributed by atoms with Crippen LogP contribution in [0.15, 0.2) is 29.2 Å². The second-order valence-electron chi connectivity index (χ2n) is 2.76. The molecule has 0 aromatic heterocycles. The highest BCUT2D eigenvalue weighted by molar-refractivity contribution is 7.85. The molecule has 1 unspecified atom stereocenters. The van der Waals surface area contributed by atoms with Gasteiger partial charge in [0.2, 0.25) is 5.91 Å². The molecule has 0 saturated heterocycles. The Balaban J connectivity index is 2.81. The maximum atomic E-state index is 12.1. The fraction of sp³-hybridized carbons (Fsp3) is 0.222. The number of carbonyl (C=O) groups is 1. The monoisotopic (exact) mass is 233 g/mol. The lowest BCUT2D eigenvalue weighted by Gasteiger charge is -2.03. The first kappa shape index (κ1) is 11.8. The molecule has 82 valence electrons. The highest BCUT2D eigenvalue weighted by Gasteiger charge is 2.15. The number of anilines is 1. The molecule has 0 aliphatic rings. The summed E-state index contributed by atoms with van der Waals surface area (Å²) >= 11 is 0. The first-order valence-electron chi connectivity index (χ1n) is 4.07. The molecule has 1 atom stereocenters. The molecule has 0 bridgehead atoms. The standard InChI is InChI=1S/C9H9F2NO2S/c1-6(13)12-7-2-4-8(5-3-7)15(14)9(10)11/h2-5,9H,1H3,(H,12,13). The van der Waals surface area contributed by atoms with Gasteiger partial charge in [-0.05, 0) is 24.3 Å². The van der Waals surface area contributed by atoms with Crippen LogP contribution in [0.4, 0.5) is 14.5 Å². The van der Waals surface area contributed by atoms with E-state index >= 15 is 0 Å². The van der Waals surface area contributed by atoms with Crippen molar-refractivity contribution in [3.05, 3.63) is 24.3 Å². The lowest BCUT2D eigenvalue weighted by Crippen LogP contribution is -2.06. The van der Waals surface area contributed by atoms with E-state index in [1.165, 1.54) is 31.2 Å². The minimum absolute atomic E-state index is 0.0408. The molecule has 0 heterocycles. The van der Waals surface area contributed by atoms with Gasteiger partial charge in [-0.1, -0.05) is 0 Å². The number of nitrogens with one attached hydrogen (secondary N) is 1. The molecule has 1 N–H and O–H groups in total. The van der Waals surface area contributed by atoms with E-state index in [0.717, 1.165) is 0 Å². The van der Waals surface area contributed by atoms with E-state index in [-0.39, 0.29) is 10.8 Å².